The van der Waals surface area contributed by atoms with Gasteiger partial charge in [0.05, 0.1) is 16.6 Å². The van der Waals surface area contributed by atoms with Gasteiger partial charge in [-0.3, -0.25) is 4.72 Å². The molecule has 10 nitrogen and oxygen atoms in total. The number of nitriles is 1. The molecule has 188 valence electrons. The highest BCUT2D eigenvalue weighted by Crippen LogP contribution is 2.46. The van der Waals surface area contributed by atoms with Gasteiger partial charge in [-0.1, -0.05) is 6.92 Å². The van der Waals surface area contributed by atoms with Gasteiger partial charge < -0.3 is 14.8 Å². The molecule has 1 saturated carbocycles. The number of fused-ring (bicyclic) bond motifs is 1. The van der Waals surface area contributed by atoms with E-state index in [2.05, 4.69) is 20.0 Å². The summed E-state index contributed by atoms with van der Waals surface area (Å²) in [5.41, 5.74) is 0.590. The molecule has 1 spiro atoms. The fraction of sp³-hybridized carbons (Fsp3) is 0.375. The molecule has 2 aromatic carbocycles. The van der Waals surface area contributed by atoms with Crippen LogP contribution in [0.5, 0.6) is 17.4 Å². The van der Waals surface area contributed by atoms with E-state index in [-0.39, 0.29) is 29.6 Å². The quantitative estimate of drug-likeness (QED) is 0.471. The summed E-state index contributed by atoms with van der Waals surface area (Å²) in [4.78, 5) is 8.55. The Morgan fingerprint density at radius 3 is 2.72 bits per heavy atom. The van der Waals surface area contributed by atoms with Crippen molar-refractivity contribution in [1.82, 2.24) is 19.6 Å². The predicted octanol–water partition coefficient (Wildman–Crippen LogP) is 3.17. The number of hydrogen-bond acceptors (Lipinski definition) is 8. The van der Waals surface area contributed by atoms with E-state index in [1.807, 2.05) is 6.07 Å². The Balaban J connectivity index is 1.43. The lowest BCUT2D eigenvalue weighted by atomic mass is 9.63. The van der Waals surface area contributed by atoms with Gasteiger partial charge in [0.2, 0.25) is 5.88 Å². The molecule has 5 rings (SSSR count). The summed E-state index contributed by atoms with van der Waals surface area (Å²) in [6, 6.07) is 8.96. The van der Waals surface area contributed by atoms with Crippen LogP contribution < -0.4 is 19.5 Å². The van der Waals surface area contributed by atoms with Crippen molar-refractivity contribution in [3.8, 4) is 23.4 Å². The molecule has 0 unspecified atom stereocenters. The molecule has 12 heteroatoms. The molecule has 0 radical (unpaired) electrons. The summed E-state index contributed by atoms with van der Waals surface area (Å²) in [7, 11) is -2.54. The second-order valence-corrected chi connectivity index (χ2v) is 10.9. The van der Waals surface area contributed by atoms with Crippen LogP contribution in [-0.4, -0.2) is 55.5 Å². The van der Waals surface area contributed by atoms with Gasteiger partial charge in [0, 0.05) is 32.1 Å². The first-order valence-corrected chi connectivity index (χ1v) is 12.9. The maximum Gasteiger partial charge on any atom is 0.301 e. The second kappa shape index (κ2) is 9.16. The average molecular weight is 513 g/mol. The van der Waals surface area contributed by atoms with Crippen molar-refractivity contribution in [2.45, 2.75) is 25.9 Å². The number of ether oxygens (including phenoxy) is 2. The van der Waals surface area contributed by atoms with Crippen LogP contribution in [0.1, 0.15) is 25.3 Å². The maximum atomic E-state index is 14.8. The number of rotatable bonds is 8. The molecule has 0 atom stereocenters. The van der Waals surface area contributed by atoms with Gasteiger partial charge in [0.1, 0.15) is 29.8 Å². The van der Waals surface area contributed by atoms with Crippen molar-refractivity contribution >= 4 is 26.8 Å². The van der Waals surface area contributed by atoms with E-state index in [4.69, 9.17) is 9.47 Å². The molecule has 1 aliphatic carbocycles. The molecule has 0 bridgehead atoms. The Hall–Kier alpha value is -3.53. The second-order valence-electron chi connectivity index (χ2n) is 9.14. The van der Waals surface area contributed by atoms with Crippen LogP contribution in [0.2, 0.25) is 0 Å². The summed E-state index contributed by atoms with van der Waals surface area (Å²) in [5, 5.41) is 13.6. The fourth-order valence-electron chi connectivity index (χ4n) is 4.44. The third kappa shape index (κ3) is 4.41. The SMILES string of the molecule is CCN(C)S(=O)(=O)Nc1ccc(F)c(Oc2ccc3ncnc(OC4CC5(CNC5)C4)c3c2)c1C#N. The third-order valence-corrected chi connectivity index (χ3v) is 8.26. The van der Waals surface area contributed by atoms with E-state index < -0.39 is 21.8 Å². The number of nitrogens with one attached hydrogen (secondary N) is 2. The Morgan fingerprint density at radius 2 is 2.06 bits per heavy atom. The van der Waals surface area contributed by atoms with Gasteiger partial charge in [-0.15, -0.1) is 0 Å². The van der Waals surface area contributed by atoms with E-state index in [1.165, 1.54) is 19.4 Å². The molecule has 0 amide bonds. The minimum absolute atomic E-state index is 0.0587. The first kappa shape index (κ1) is 24.2. The van der Waals surface area contributed by atoms with Crippen molar-refractivity contribution in [3.05, 3.63) is 48.0 Å². The number of hydrogen-bond donors (Lipinski definition) is 2. The van der Waals surface area contributed by atoms with E-state index >= 15 is 0 Å². The molecular weight excluding hydrogens is 487 g/mol. The van der Waals surface area contributed by atoms with Crippen LogP contribution in [0.4, 0.5) is 10.1 Å². The van der Waals surface area contributed by atoms with Gasteiger partial charge in [-0.05, 0) is 43.2 Å². The summed E-state index contributed by atoms with van der Waals surface area (Å²) >= 11 is 0. The highest BCUT2D eigenvalue weighted by atomic mass is 32.2. The van der Waals surface area contributed by atoms with Crippen LogP contribution in [0.25, 0.3) is 10.9 Å². The largest absolute Gasteiger partial charge is 0.474 e. The molecule has 2 fully saturated rings. The molecule has 1 saturated heterocycles. The van der Waals surface area contributed by atoms with Crippen molar-refractivity contribution < 1.29 is 22.3 Å². The topological polar surface area (TPSA) is 129 Å². The molecule has 3 aromatic rings. The maximum absolute atomic E-state index is 14.8. The molecule has 1 aliphatic heterocycles. The molecule has 2 aliphatic rings. The van der Waals surface area contributed by atoms with Gasteiger partial charge in [0.15, 0.2) is 11.6 Å². The van der Waals surface area contributed by atoms with Crippen LogP contribution in [0.15, 0.2) is 36.7 Å². The summed E-state index contributed by atoms with van der Waals surface area (Å²) < 4.78 is 55.0. The van der Waals surface area contributed by atoms with Gasteiger partial charge in [-0.2, -0.15) is 18.0 Å². The minimum Gasteiger partial charge on any atom is -0.474 e. The van der Waals surface area contributed by atoms with E-state index in [9.17, 15) is 18.1 Å². The van der Waals surface area contributed by atoms with Crippen molar-refractivity contribution in [2.75, 3.05) is 31.4 Å². The monoisotopic (exact) mass is 512 g/mol. The summed E-state index contributed by atoms with van der Waals surface area (Å²) in [6.45, 7) is 3.89. The minimum atomic E-state index is -3.93. The lowest BCUT2D eigenvalue weighted by Crippen LogP contribution is -2.62. The lowest BCUT2D eigenvalue weighted by Gasteiger charge is -2.53. The molecule has 1 aromatic heterocycles. The molecular formula is C24H25FN6O4S. The average Bonchev–Trinajstić information content (AvgIpc) is 2.81. The van der Waals surface area contributed by atoms with Crippen LogP contribution >= 0.6 is 0 Å². The van der Waals surface area contributed by atoms with E-state index in [0.29, 0.717) is 22.2 Å². The summed E-state index contributed by atoms with van der Waals surface area (Å²) in [6.07, 6.45) is 3.39. The van der Waals surface area contributed by atoms with Crippen LogP contribution in [0.3, 0.4) is 0 Å². The number of aromatic nitrogens is 2. The number of nitrogens with zero attached hydrogens (tertiary/aromatic N) is 4. The van der Waals surface area contributed by atoms with Crippen molar-refractivity contribution in [3.63, 3.8) is 0 Å². The zero-order chi connectivity index (χ0) is 25.5. The Labute approximate surface area is 208 Å². The van der Waals surface area contributed by atoms with E-state index in [0.717, 1.165) is 36.3 Å². The predicted molar refractivity (Wildman–Crippen MR) is 131 cm³/mol. The smallest absolute Gasteiger partial charge is 0.301 e. The van der Waals surface area contributed by atoms with Gasteiger partial charge in [-0.25, -0.2) is 14.4 Å². The normalized spacial score (nSPS) is 16.9. The lowest BCUT2D eigenvalue weighted by molar-refractivity contribution is -0.0506. The highest BCUT2D eigenvalue weighted by molar-refractivity contribution is 7.90. The Morgan fingerprint density at radius 1 is 1.28 bits per heavy atom. The number of anilines is 1. The number of benzene rings is 2. The molecule has 2 N–H and O–H groups in total. The van der Waals surface area contributed by atoms with Gasteiger partial charge in [0.25, 0.3) is 0 Å². The first-order chi connectivity index (χ1) is 17.2. The molecule has 36 heavy (non-hydrogen) atoms. The van der Waals surface area contributed by atoms with Crippen molar-refractivity contribution in [2.24, 2.45) is 5.41 Å². The zero-order valence-corrected chi connectivity index (χ0v) is 20.6. The standard InChI is InChI=1S/C24H25FN6O4S/c1-3-31(2)36(32,33)30-21-7-5-19(25)22(18(21)11-26)34-15-4-6-20-17(8-15)23(29-14-28-20)35-16-9-24(10-16)12-27-13-24/h4-8,14,16,27,30H,3,9-10,12-13H2,1-2H3. The molecule has 2 heterocycles. The van der Waals surface area contributed by atoms with Crippen LogP contribution in [-0.2, 0) is 10.2 Å². The highest BCUT2D eigenvalue weighted by Gasteiger charge is 2.49. The number of halogens is 1. The zero-order valence-electron chi connectivity index (χ0n) is 19.8. The van der Waals surface area contributed by atoms with E-state index in [1.54, 1.807) is 25.1 Å². The Kier molecular flexibility index (Phi) is 6.15. The summed E-state index contributed by atoms with van der Waals surface area (Å²) in [5.74, 6) is -0.582. The van der Waals surface area contributed by atoms with Crippen LogP contribution in [0, 0.1) is 22.6 Å². The van der Waals surface area contributed by atoms with Crippen molar-refractivity contribution in [1.29, 1.82) is 5.26 Å². The van der Waals surface area contributed by atoms with Gasteiger partial charge >= 0.3 is 10.2 Å². The first-order valence-electron chi connectivity index (χ1n) is 11.5. The fourth-order valence-corrected chi connectivity index (χ4v) is 5.39. The third-order valence-electron chi connectivity index (χ3n) is 6.71. The Bertz CT molecular complexity index is 1460.